The number of rotatable bonds is 0. The molecule has 0 saturated heterocycles. The third-order valence-corrected chi connectivity index (χ3v) is 3.43. The zero-order valence-corrected chi connectivity index (χ0v) is 9.36. The van der Waals surface area contributed by atoms with Crippen molar-refractivity contribution in [3.63, 3.8) is 0 Å². The molecule has 0 amide bonds. The SMILES string of the molecule is CC1Cc2c([nH]c3c(Cl)cccc23)CN1. The quantitative estimate of drug-likeness (QED) is 0.702. The van der Waals surface area contributed by atoms with Crippen molar-refractivity contribution in [1.29, 1.82) is 0 Å². The van der Waals surface area contributed by atoms with Crippen LogP contribution in [0.3, 0.4) is 0 Å². The monoisotopic (exact) mass is 220 g/mol. The molecule has 1 aliphatic heterocycles. The van der Waals surface area contributed by atoms with Crippen LogP contribution in [0.2, 0.25) is 5.02 Å². The van der Waals surface area contributed by atoms with Crippen molar-refractivity contribution >= 4 is 22.5 Å². The van der Waals surface area contributed by atoms with Crippen LogP contribution in [0.5, 0.6) is 0 Å². The summed E-state index contributed by atoms with van der Waals surface area (Å²) >= 11 is 6.16. The molecule has 0 spiro atoms. The van der Waals surface area contributed by atoms with Crippen LogP contribution in [-0.2, 0) is 13.0 Å². The Balaban J connectivity index is 2.29. The predicted octanol–water partition coefficient (Wildman–Crippen LogP) is 2.86. The number of nitrogens with one attached hydrogen (secondary N) is 2. The molecule has 3 rings (SSSR count). The van der Waals surface area contributed by atoms with Crippen molar-refractivity contribution in [1.82, 2.24) is 10.3 Å². The van der Waals surface area contributed by atoms with E-state index in [1.807, 2.05) is 12.1 Å². The normalized spacial score (nSPS) is 20.5. The summed E-state index contributed by atoms with van der Waals surface area (Å²) < 4.78 is 0. The molecule has 0 bridgehead atoms. The summed E-state index contributed by atoms with van der Waals surface area (Å²) in [6, 6.07) is 6.65. The zero-order valence-electron chi connectivity index (χ0n) is 8.60. The molecule has 1 aliphatic rings. The Morgan fingerprint density at radius 1 is 1.40 bits per heavy atom. The second-order valence-electron chi connectivity index (χ2n) is 4.23. The predicted molar refractivity (Wildman–Crippen MR) is 63.3 cm³/mol. The van der Waals surface area contributed by atoms with E-state index in [1.165, 1.54) is 16.6 Å². The van der Waals surface area contributed by atoms with Gasteiger partial charge in [0.15, 0.2) is 0 Å². The van der Waals surface area contributed by atoms with Crippen molar-refractivity contribution < 1.29 is 0 Å². The number of H-pyrrole nitrogens is 1. The Morgan fingerprint density at radius 3 is 3.13 bits per heavy atom. The first-order valence-electron chi connectivity index (χ1n) is 5.27. The lowest BCUT2D eigenvalue weighted by Gasteiger charge is -2.20. The van der Waals surface area contributed by atoms with E-state index in [0.717, 1.165) is 23.5 Å². The molecule has 2 N–H and O–H groups in total. The van der Waals surface area contributed by atoms with Gasteiger partial charge in [0, 0.05) is 23.7 Å². The van der Waals surface area contributed by atoms with Crippen LogP contribution in [0.25, 0.3) is 10.9 Å². The second-order valence-corrected chi connectivity index (χ2v) is 4.64. The molecule has 3 heteroatoms. The maximum Gasteiger partial charge on any atom is 0.0648 e. The average Bonchev–Trinajstić information content (AvgIpc) is 2.58. The summed E-state index contributed by atoms with van der Waals surface area (Å²) in [7, 11) is 0. The Morgan fingerprint density at radius 2 is 2.27 bits per heavy atom. The van der Waals surface area contributed by atoms with Gasteiger partial charge in [0.1, 0.15) is 0 Å². The lowest BCUT2D eigenvalue weighted by molar-refractivity contribution is 0.511. The number of aromatic nitrogens is 1. The Kier molecular flexibility index (Phi) is 2.01. The Labute approximate surface area is 93.6 Å². The summed E-state index contributed by atoms with van der Waals surface area (Å²) in [5, 5.41) is 5.54. The summed E-state index contributed by atoms with van der Waals surface area (Å²) in [4.78, 5) is 3.41. The second kappa shape index (κ2) is 3.26. The van der Waals surface area contributed by atoms with E-state index in [0.29, 0.717) is 6.04 Å². The van der Waals surface area contributed by atoms with Gasteiger partial charge in [-0.3, -0.25) is 0 Å². The fourth-order valence-corrected chi connectivity index (χ4v) is 2.55. The highest BCUT2D eigenvalue weighted by atomic mass is 35.5. The van der Waals surface area contributed by atoms with Crippen LogP contribution >= 0.6 is 11.6 Å². The molecular formula is C12H13ClN2. The van der Waals surface area contributed by atoms with Gasteiger partial charge in [0.25, 0.3) is 0 Å². The number of para-hydroxylation sites is 1. The van der Waals surface area contributed by atoms with Crippen molar-refractivity contribution in [2.45, 2.75) is 25.9 Å². The van der Waals surface area contributed by atoms with Gasteiger partial charge in [-0.05, 0) is 25.0 Å². The molecule has 0 radical (unpaired) electrons. The van der Waals surface area contributed by atoms with Crippen LogP contribution < -0.4 is 5.32 Å². The minimum absolute atomic E-state index is 0.551. The third kappa shape index (κ3) is 1.36. The molecule has 1 aromatic heterocycles. The van der Waals surface area contributed by atoms with Crippen molar-refractivity contribution in [3.8, 4) is 0 Å². The summed E-state index contributed by atoms with van der Waals surface area (Å²) in [5.41, 5.74) is 3.80. The number of hydrogen-bond donors (Lipinski definition) is 2. The molecule has 78 valence electrons. The lowest BCUT2D eigenvalue weighted by atomic mass is 10.00. The van der Waals surface area contributed by atoms with E-state index in [2.05, 4.69) is 23.3 Å². The Hall–Kier alpha value is -0.990. The molecule has 1 atom stereocenters. The van der Waals surface area contributed by atoms with E-state index >= 15 is 0 Å². The average molecular weight is 221 g/mol. The number of fused-ring (bicyclic) bond motifs is 3. The fraction of sp³-hybridized carbons (Fsp3) is 0.333. The molecular weight excluding hydrogens is 208 g/mol. The van der Waals surface area contributed by atoms with Crippen molar-refractivity contribution in [2.24, 2.45) is 0 Å². The van der Waals surface area contributed by atoms with Gasteiger partial charge in [0.2, 0.25) is 0 Å². The maximum absolute atomic E-state index is 6.16. The number of benzene rings is 1. The van der Waals surface area contributed by atoms with Crippen LogP contribution in [0.15, 0.2) is 18.2 Å². The Bertz CT molecular complexity index is 516. The maximum atomic E-state index is 6.16. The van der Waals surface area contributed by atoms with Crippen LogP contribution in [0.4, 0.5) is 0 Å². The molecule has 0 aliphatic carbocycles. The van der Waals surface area contributed by atoms with Gasteiger partial charge in [-0.1, -0.05) is 23.7 Å². The molecule has 2 heterocycles. The highest BCUT2D eigenvalue weighted by molar-refractivity contribution is 6.35. The number of aromatic amines is 1. The molecule has 1 aromatic carbocycles. The lowest BCUT2D eigenvalue weighted by Crippen LogP contribution is -2.32. The van der Waals surface area contributed by atoms with Crippen molar-refractivity contribution in [2.75, 3.05) is 0 Å². The van der Waals surface area contributed by atoms with E-state index < -0.39 is 0 Å². The van der Waals surface area contributed by atoms with Gasteiger partial charge in [-0.25, -0.2) is 0 Å². The van der Waals surface area contributed by atoms with E-state index in [1.54, 1.807) is 0 Å². The summed E-state index contributed by atoms with van der Waals surface area (Å²) in [6.45, 7) is 3.13. The molecule has 2 aromatic rings. The van der Waals surface area contributed by atoms with Gasteiger partial charge in [0.05, 0.1) is 10.5 Å². The van der Waals surface area contributed by atoms with Gasteiger partial charge < -0.3 is 10.3 Å². The molecule has 0 saturated carbocycles. The summed E-state index contributed by atoms with van der Waals surface area (Å²) in [6.07, 6.45) is 1.08. The third-order valence-electron chi connectivity index (χ3n) is 3.12. The number of halogens is 1. The van der Waals surface area contributed by atoms with E-state index in [4.69, 9.17) is 11.6 Å². The zero-order chi connectivity index (χ0) is 10.4. The highest BCUT2D eigenvalue weighted by Crippen LogP contribution is 2.30. The van der Waals surface area contributed by atoms with Crippen molar-refractivity contribution in [3.05, 3.63) is 34.5 Å². The standard InChI is InChI=1S/C12H13ClN2/c1-7-5-9-8-3-2-4-10(13)12(8)15-11(9)6-14-7/h2-4,7,14-15H,5-6H2,1H3. The molecule has 1 unspecified atom stereocenters. The fourth-order valence-electron chi connectivity index (χ4n) is 2.33. The topological polar surface area (TPSA) is 27.8 Å². The van der Waals surface area contributed by atoms with E-state index in [-0.39, 0.29) is 0 Å². The largest absolute Gasteiger partial charge is 0.356 e. The first-order chi connectivity index (χ1) is 7.25. The molecule has 0 fully saturated rings. The first kappa shape index (κ1) is 9.25. The first-order valence-corrected chi connectivity index (χ1v) is 5.65. The number of hydrogen-bond acceptors (Lipinski definition) is 1. The van der Waals surface area contributed by atoms with Gasteiger partial charge in [-0.15, -0.1) is 0 Å². The minimum Gasteiger partial charge on any atom is -0.356 e. The molecule has 15 heavy (non-hydrogen) atoms. The minimum atomic E-state index is 0.551. The van der Waals surface area contributed by atoms with Gasteiger partial charge >= 0.3 is 0 Å². The van der Waals surface area contributed by atoms with Crippen LogP contribution in [0, 0.1) is 0 Å². The van der Waals surface area contributed by atoms with Gasteiger partial charge in [-0.2, -0.15) is 0 Å². The van der Waals surface area contributed by atoms with Crippen LogP contribution in [-0.4, -0.2) is 11.0 Å². The smallest absolute Gasteiger partial charge is 0.0648 e. The summed E-state index contributed by atoms with van der Waals surface area (Å²) in [5.74, 6) is 0. The van der Waals surface area contributed by atoms with E-state index in [9.17, 15) is 0 Å². The highest BCUT2D eigenvalue weighted by Gasteiger charge is 2.19. The molecule has 2 nitrogen and oxygen atoms in total. The van der Waals surface area contributed by atoms with Crippen LogP contribution in [0.1, 0.15) is 18.2 Å².